The summed E-state index contributed by atoms with van der Waals surface area (Å²) in [6.45, 7) is 2.66. The average Bonchev–Trinajstić information content (AvgIpc) is 3.08. The second-order valence-electron chi connectivity index (χ2n) is 9.61. The van der Waals surface area contributed by atoms with Crippen molar-refractivity contribution < 1.29 is 33.3 Å². The Hall–Kier alpha value is -4.06. The number of ether oxygens (including phenoxy) is 5. The maximum absolute atomic E-state index is 12.8. The number of esters is 2. The molecule has 5 rings (SSSR count). The second kappa shape index (κ2) is 10.6. The van der Waals surface area contributed by atoms with Crippen LogP contribution in [0.5, 0.6) is 0 Å². The van der Waals surface area contributed by atoms with Crippen LogP contribution in [0.3, 0.4) is 0 Å². The number of fused-ring (bicyclic) bond motifs is 1. The minimum absolute atomic E-state index is 0.0177. The molecule has 0 bridgehead atoms. The summed E-state index contributed by atoms with van der Waals surface area (Å²) in [5.74, 6) is -1.27. The van der Waals surface area contributed by atoms with Crippen LogP contribution in [0.4, 0.5) is 0 Å². The van der Waals surface area contributed by atoms with E-state index in [4.69, 9.17) is 23.7 Å². The van der Waals surface area contributed by atoms with Crippen molar-refractivity contribution in [3.05, 3.63) is 104 Å². The number of nitrogens with zero attached hydrogens (tertiary/aromatic N) is 1. The number of hydrogen-bond donors (Lipinski definition) is 1. The van der Waals surface area contributed by atoms with Gasteiger partial charge in [-0.2, -0.15) is 0 Å². The SMILES string of the molecule is CC(=O)O[C@H]1[C@H](n2cc(C)c(=O)[nH]c2=O)O[C@@]2(COCc3ccccc3)CO[C@@]12COC(=O)c1ccccc1. The van der Waals surface area contributed by atoms with E-state index in [1.54, 1.807) is 30.3 Å². The van der Waals surface area contributed by atoms with E-state index in [1.165, 1.54) is 20.0 Å². The normalized spacial score (nSPS) is 25.4. The molecule has 3 aromatic rings. The van der Waals surface area contributed by atoms with Gasteiger partial charge in [0.05, 0.1) is 25.4 Å². The van der Waals surface area contributed by atoms with Crippen LogP contribution in [-0.2, 0) is 35.1 Å². The molecular weight excluding hydrogens is 508 g/mol. The number of carbonyl (C=O) groups excluding carboxylic acids is 2. The number of rotatable bonds is 9. The molecule has 0 saturated carbocycles. The van der Waals surface area contributed by atoms with Crippen molar-refractivity contribution in [1.82, 2.24) is 9.55 Å². The van der Waals surface area contributed by atoms with Gasteiger partial charge >= 0.3 is 17.6 Å². The molecule has 39 heavy (non-hydrogen) atoms. The molecule has 1 aromatic heterocycles. The number of aromatic amines is 1. The van der Waals surface area contributed by atoms with Gasteiger partial charge in [-0.25, -0.2) is 9.59 Å². The molecule has 2 aromatic carbocycles. The van der Waals surface area contributed by atoms with Crippen LogP contribution in [0.25, 0.3) is 0 Å². The first-order chi connectivity index (χ1) is 18.7. The van der Waals surface area contributed by atoms with Gasteiger partial charge in [-0.3, -0.25) is 19.1 Å². The molecule has 0 spiro atoms. The van der Waals surface area contributed by atoms with Gasteiger partial charge < -0.3 is 23.7 Å². The molecule has 11 heteroatoms. The predicted molar refractivity (Wildman–Crippen MR) is 136 cm³/mol. The predicted octanol–water partition coefficient (Wildman–Crippen LogP) is 1.89. The first kappa shape index (κ1) is 26.5. The third kappa shape index (κ3) is 4.91. The van der Waals surface area contributed by atoms with E-state index in [-0.39, 0.29) is 32.0 Å². The number of hydrogen-bond acceptors (Lipinski definition) is 9. The molecule has 2 saturated heterocycles. The topological polar surface area (TPSA) is 135 Å². The molecule has 0 unspecified atom stereocenters. The van der Waals surface area contributed by atoms with E-state index in [0.29, 0.717) is 5.56 Å². The van der Waals surface area contributed by atoms with Gasteiger partial charge in [0, 0.05) is 18.7 Å². The Kier molecular flexibility index (Phi) is 7.21. The highest BCUT2D eigenvalue weighted by atomic mass is 16.7. The fraction of sp³-hybridized carbons (Fsp3) is 0.357. The van der Waals surface area contributed by atoms with Gasteiger partial charge in [0.2, 0.25) is 0 Å². The molecule has 0 aliphatic carbocycles. The molecular formula is C28H28N2O9. The van der Waals surface area contributed by atoms with Crippen LogP contribution >= 0.6 is 0 Å². The Morgan fingerprint density at radius 3 is 2.38 bits per heavy atom. The third-order valence-corrected chi connectivity index (χ3v) is 6.99. The molecule has 4 atom stereocenters. The molecule has 2 aliphatic heterocycles. The van der Waals surface area contributed by atoms with Crippen molar-refractivity contribution in [1.29, 1.82) is 0 Å². The Labute approximate surface area is 223 Å². The Morgan fingerprint density at radius 1 is 1.05 bits per heavy atom. The summed E-state index contributed by atoms with van der Waals surface area (Å²) in [5, 5.41) is 0. The number of aromatic nitrogens is 2. The lowest BCUT2D eigenvalue weighted by Gasteiger charge is -2.53. The number of benzene rings is 2. The minimum atomic E-state index is -1.49. The van der Waals surface area contributed by atoms with Gasteiger partial charge in [-0.1, -0.05) is 48.5 Å². The van der Waals surface area contributed by atoms with Crippen molar-refractivity contribution in [2.75, 3.05) is 19.8 Å². The highest BCUT2D eigenvalue weighted by Gasteiger charge is 2.76. The van der Waals surface area contributed by atoms with Crippen molar-refractivity contribution >= 4 is 11.9 Å². The first-order valence-corrected chi connectivity index (χ1v) is 12.4. The minimum Gasteiger partial charge on any atom is -0.459 e. The van der Waals surface area contributed by atoms with E-state index < -0.39 is 46.7 Å². The summed E-state index contributed by atoms with van der Waals surface area (Å²) < 4.78 is 31.0. The van der Waals surface area contributed by atoms with E-state index >= 15 is 0 Å². The zero-order chi connectivity index (χ0) is 27.6. The fourth-order valence-electron chi connectivity index (χ4n) is 4.92. The van der Waals surface area contributed by atoms with E-state index in [0.717, 1.165) is 10.1 Å². The van der Waals surface area contributed by atoms with Crippen LogP contribution in [0.2, 0.25) is 0 Å². The van der Waals surface area contributed by atoms with E-state index in [9.17, 15) is 19.2 Å². The Morgan fingerprint density at radius 2 is 1.74 bits per heavy atom. The summed E-state index contributed by atoms with van der Waals surface area (Å²) in [7, 11) is 0. The van der Waals surface area contributed by atoms with E-state index in [1.807, 2.05) is 30.3 Å². The zero-order valence-electron chi connectivity index (χ0n) is 21.5. The summed E-state index contributed by atoms with van der Waals surface area (Å²) in [6.07, 6.45) is -1.08. The highest BCUT2D eigenvalue weighted by molar-refractivity contribution is 5.89. The standard InChI is InChI=1S/C28H28N2O9/c1-18-13-30(26(34)29-23(18)32)24-22(38-19(2)31)28(17-36-25(33)21-11-7-4-8-12-21)27(39-24,16-37-28)15-35-14-20-9-5-3-6-10-20/h3-13,22,24H,14-17H2,1-2H3,(H,29,32,34)/t22-,24+,27-,28-/m0/s1. The van der Waals surface area contributed by atoms with E-state index in [2.05, 4.69) is 4.98 Å². The van der Waals surface area contributed by atoms with Gasteiger partial charge in [-0.05, 0) is 24.6 Å². The van der Waals surface area contributed by atoms with Crippen molar-refractivity contribution in [3.63, 3.8) is 0 Å². The number of carbonyl (C=O) groups is 2. The Bertz CT molecular complexity index is 1470. The van der Waals surface area contributed by atoms with Crippen LogP contribution < -0.4 is 11.2 Å². The zero-order valence-corrected chi connectivity index (χ0v) is 21.5. The monoisotopic (exact) mass is 536 g/mol. The summed E-state index contributed by atoms with van der Waals surface area (Å²) in [6, 6.07) is 17.9. The van der Waals surface area contributed by atoms with Crippen molar-refractivity contribution in [2.45, 2.75) is 44.0 Å². The summed E-state index contributed by atoms with van der Waals surface area (Å²) >= 11 is 0. The first-order valence-electron chi connectivity index (χ1n) is 12.4. The van der Waals surface area contributed by atoms with Gasteiger partial charge in [-0.15, -0.1) is 0 Å². The average molecular weight is 537 g/mol. The second-order valence-corrected chi connectivity index (χ2v) is 9.61. The molecule has 2 aliphatic rings. The lowest BCUT2D eigenvalue weighted by Crippen LogP contribution is -2.74. The molecule has 1 N–H and O–H groups in total. The van der Waals surface area contributed by atoms with Gasteiger partial charge in [0.25, 0.3) is 5.56 Å². The number of aryl methyl sites for hydroxylation is 1. The maximum atomic E-state index is 12.8. The molecule has 2 fully saturated rings. The molecule has 0 amide bonds. The molecule has 0 radical (unpaired) electrons. The molecule has 11 nitrogen and oxygen atoms in total. The van der Waals surface area contributed by atoms with Crippen molar-refractivity contribution in [3.8, 4) is 0 Å². The maximum Gasteiger partial charge on any atom is 0.338 e. The third-order valence-electron chi connectivity index (χ3n) is 6.99. The fourth-order valence-corrected chi connectivity index (χ4v) is 4.92. The lowest BCUT2D eigenvalue weighted by molar-refractivity contribution is -0.320. The van der Waals surface area contributed by atoms with Crippen LogP contribution in [0.15, 0.2) is 76.4 Å². The largest absolute Gasteiger partial charge is 0.459 e. The smallest absolute Gasteiger partial charge is 0.338 e. The van der Waals surface area contributed by atoms with Crippen molar-refractivity contribution in [2.24, 2.45) is 0 Å². The lowest BCUT2D eigenvalue weighted by atomic mass is 9.76. The van der Waals surface area contributed by atoms with Gasteiger partial charge in [0.15, 0.2) is 23.5 Å². The van der Waals surface area contributed by atoms with Crippen LogP contribution in [0.1, 0.15) is 34.6 Å². The van der Waals surface area contributed by atoms with Gasteiger partial charge in [0.1, 0.15) is 6.61 Å². The van der Waals surface area contributed by atoms with Crippen LogP contribution in [-0.4, -0.2) is 58.6 Å². The highest BCUT2D eigenvalue weighted by Crippen LogP contribution is 2.55. The molecule has 3 heterocycles. The van der Waals surface area contributed by atoms with Crippen LogP contribution in [0, 0.1) is 6.92 Å². The summed E-state index contributed by atoms with van der Waals surface area (Å²) in [5.41, 5.74) is -2.55. The molecule has 204 valence electrons. The number of nitrogens with one attached hydrogen (secondary N) is 1. The summed E-state index contributed by atoms with van der Waals surface area (Å²) in [4.78, 5) is 52.2. The quantitative estimate of drug-likeness (QED) is 0.407. The Balaban J connectivity index is 1.50. The number of H-pyrrole nitrogens is 1.